The molecule has 0 aliphatic carbocycles. The van der Waals surface area contributed by atoms with Crippen molar-refractivity contribution >= 4 is 27.5 Å². The van der Waals surface area contributed by atoms with Crippen LogP contribution in [0.3, 0.4) is 0 Å². The van der Waals surface area contributed by atoms with Crippen molar-refractivity contribution < 1.29 is 17.9 Å². The average Bonchev–Trinajstić information content (AvgIpc) is 2.82. The number of sulfonamides is 1. The van der Waals surface area contributed by atoms with Crippen molar-refractivity contribution in [3.8, 4) is 5.75 Å². The normalized spacial score (nSPS) is 16.5. The lowest BCUT2D eigenvalue weighted by Gasteiger charge is -2.23. The molecule has 0 aromatic heterocycles. The molecule has 24 heavy (non-hydrogen) atoms. The number of nitrogens with zero attached hydrogens (tertiary/aromatic N) is 2. The number of halogens is 1. The number of hydrogen-bond donors (Lipinski definition) is 1. The summed E-state index contributed by atoms with van der Waals surface area (Å²) >= 11 is 6.08. The first-order valence-electron chi connectivity index (χ1n) is 7.59. The minimum absolute atomic E-state index is 0.0234. The van der Waals surface area contributed by atoms with Gasteiger partial charge in [0.1, 0.15) is 4.90 Å². The third kappa shape index (κ3) is 3.83. The molecule has 9 heteroatoms. The van der Waals surface area contributed by atoms with Gasteiger partial charge in [0.2, 0.25) is 10.0 Å². The molecule has 1 fully saturated rings. The van der Waals surface area contributed by atoms with E-state index in [1.807, 2.05) is 0 Å². The maximum absolute atomic E-state index is 13.1. The molecule has 1 aliphatic heterocycles. The van der Waals surface area contributed by atoms with Crippen LogP contribution in [0.15, 0.2) is 17.0 Å². The first-order valence-corrected chi connectivity index (χ1v) is 9.41. The summed E-state index contributed by atoms with van der Waals surface area (Å²) < 4.78 is 32.8. The van der Waals surface area contributed by atoms with E-state index in [2.05, 4.69) is 5.32 Å². The summed E-state index contributed by atoms with van der Waals surface area (Å²) in [5, 5.41) is 3.33. The third-order valence-corrected chi connectivity index (χ3v) is 5.90. The Kier molecular flexibility index (Phi) is 6.08. The van der Waals surface area contributed by atoms with Crippen molar-refractivity contribution in [3.63, 3.8) is 0 Å². The second-order valence-electron chi connectivity index (χ2n) is 5.69. The van der Waals surface area contributed by atoms with Crippen LogP contribution in [0, 0.1) is 0 Å². The van der Waals surface area contributed by atoms with Crippen LogP contribution in [0.25, 0.3) is 0 Å². The van der Waals surface area contributed by atoms with Crippen molar-refractivity contribution in [1.82, 2.24) is 14.5 Å². The average molecular weight is 376 g/mol. The number of nitrogens with one attached hydrogen (secondary N) is 1. The van der Waals surface area contributed by atoms with E-state index in [1.165, 1.54) is 28.4 Å². The summed E-state index contributed by atoms with van der Waals surface area (Å²) in [6.45, 7) is 2.10. The highest BCUT2D eigenvalue weighted by Crippen LogP contribution is 2.34. The molecule has 1 aromatic carbocycles. The van der Waals surface area contributed by atoms with Crippen LogP contribution < -0.4 is 10.1 Å². The van der Waals surface area contributed by atoms with Crippen LogP contribution in [0.5, 0.6) is 5.75 Å². The third-order valence-electron chi connectivity index (χ3n) is 3.78. The van der Waals surface area contributed by atoms with Crippen molar-refractivity contribution in [2.75, 3.05) is 47.4 Å². The minimum atomic E-state index is -3.82. The van der Waals surface area contributed by atoms with Crippen LogP contribution in [0.2, 0.25) is 5.02 Å². The van der Waals surface area contributed by atoms with Gasteiger partial charge in [0.15, 0.2) is 5.75 Å². The fraction of sp³-hybridized carbons (Fsp3) is 0.533. The number of benzene rings is 1. The fourth-order valence-corrected chi connectivity index (χ4v) is 4.54. The molecule has 0 bridgehead atoms. The Labute approximate surface area is 147 Å². The fourth-order valence-electron chi connectivity index (χ4n) is 2.57. The van der Waals surface area contributed by atoms with E-state index < -0.39 is 10.0 Å². The van der Waals surface area contributed by atoms with Crippen molar-refractivity contribution in [2.24, 2.45) is 0 Å². The molecule has 1 aromatic rings. The van der Waals surface area contributed by atoms with Gasteiger partial charge in [-0.1, -0.05) is 11.6 Å². The lowest BCUT2D eigenvalue weighted by Crippen LogP contribution is -2.34. The summed E-state index contributed by atoms with van der Waals surface area (Å²) in [4.78, 5) is 13.6. The zero-order valence-corrected chi connectivity index (χ0v) is 15.6. The summed E-state index contributed by atoms with van der Waals surface area (Å²) in [5.74, 6) is -0.348. The first-order chi connectivity index (χ1) is 11.3. The minimum Gasteiger partial charge on any atom is -0.494 e. The Balaban J connectivity index is 2.58. The Morgan fingerprint density at radius 2 is 2.00 bits per heavy atom. The number of rotatable bonds is 4. The molecule has 1 saturated heterocycles. The second-order valence-corrected chi connectivity index (χ2v) is 8.03. The van der Waals surface area contributed by atoms with Gasteiger partial charge >= 0.3 is 0 Å². The molecule has 2 rings (SSSR count). The Hall–Kier alpha value is -1.35. The Morgan fingerprint density at radius 3 is 2.62 bits per heavy atom. The first kappa shape index (κ1) is 19.0. The Bertz CT molecular complexity index is 714. The summed E-state index contributed by atoms with van der Waals surface area (Å²) in [6, 6.07) is 2.76. The van der Waals surface area contributed by atoms with Gasteiger partial charge in [-0.2, -0.15) is 4.31 Å². The van der Waals surface area contributed by atoms with Gasteiger partial charge in [0.25, 0.3) is 5.91 Å². The monoisotopic (exact) mass is 375 g/mol. The molecule has 1 amide bonds. The molecular formula is C15H22ClN3O4S. The number of ether oxygens (including phenoxy) is 1. The van der Waals surface area contributed by atoms with Crippen molar-refractivity contribution in [3.05, 3.63) is 22.7 Å². The highest BCUT2D eigenvalue weighted by Gasteiger charge is 2.31. The van der Waals surface area contributed by atoms with Crippen LogP contribution in [-0.2, 0) is 10.0 Å². The smallest absolute Gasteiger partial charge is 0.257 e. The van der Waals surface area contributed by atoms with E-state index >= 15 is 0 Å². The van der Waals surface area contributed by atoms with Crippen LogP contribution in [0.4, 0.5) is 0 Å². The molecule has 0 atom stereocenters. The molecule has 1 N–H and O–H groups in total. The van der Waals surface area contributed by atoms with E-state index in [9.17, 15) is 13.2 Å². The van der Waals surface area contributed by atoms with Crippen LogP contribution >= 0.6 is 11.6 Å². The number of amides is 1. The molecule has 1 aliphatic rings. The number of carbonyl (C=O) groups excluding carboxylic acids is 1. The van der Waals surface area contributed by atoms with Crippen LogP contribution in [0.1, 0.15) is 16.8 Å². The maximum atomic E-state index is 13.1. The quantitative estimate of drug-likeness (QED) is 0.850. The largest absolute Gasteiger partial charge is 0.494 e. The van der Waals surface area contributed by atoms with E-state index in [1.54, 1.807) is 14.1 Å². The maximum Gasteiger partial charge on any atom is 0.257 e. The standard InChI is InChI=1S/C15H22ClN3O4S/c1-18(2)15(20)12-9-11(16)10-13(14(12)23-3)24(21,22)19-7-4-5-17-6-8-19/h9-10,17H,4-8H2,1-3H3. The lowest BCUT2D eigenvalue weighted by atomic mass is 10.2. The van der Waals surface area contributed by atoms with Crippen molar-refractivity contribution in [2.45, 2.75) is 11.3 Å². The molecular weight excluding hydrogens is 354 g/mol. The lowest BCUT2D eigenvalue weighted by molar-refractivity contribution is 0.0823. The summed E-state index contributed by atoms with van der Waals surface area (Å²) in [6.07, 6.45) is 0.714. The van der Waals surface area contributed by atoms with Gasteiger partial charge in [-0.15, -0.1) is 0 Å². The molecule has 0 saturated carbocycles. The SMILES string of the molecule is COc1c(C(=O)N(C)C)cc(Cl)cc1S(=O)(=O)N1CCCNCC1. The van der Waals surface area contributed by atoms with Crippen molar-refractivity contribution in [1.29, 1.82) is 0 Å². The zero-order valence-electron chi connectivity index (χ0n) is 14.0. The van der Waals surface area contributed by atoms with E-state index in [4.69, 9.17) is 16.3 Å². The van der Waals surface area contributed by atoms with Gasteiger partial charge in [0, 0.05) is 38.8 Å². The summed E-state index contributed by atoms with van der Waals surface area (Å²) in [7, 11) is 0.688. The number of hydrogen-bond acceptors (Lipinski definition) is 5. The number of carbonyl (C=O) groups is 1. The predicted octanol–water partition coefficient (Wildman–Crippen LogP) is 1.03. The van der Waals surface area contributed by atoms with Gasteiger partial charge in [-0.05, 0) is 25.1 Å². The van der Waals surface area contributed by atoms with E-state index in [0.717, 1.165) is 6.54 Å². The molecule has 7 nitrogen and oxygen atoms in total. The predicted molar refractivity (Wildman–Crippen MR) is 92.3 cm³/mol. The highest BCUT2D eigenvalue weighted by atomic mass is 35.5. The Morgan fingerprint density at radius 1 is 1.29 bits per heavy atom. The molecule has 0 unspecified atom stereocenters. The van der Waals surface area contributed by atoms with Gasteiger partial charge in [-0.3, -0.25) is 4.79 Å². The van der Waals surface area contributed by atoms with Gasteiger partial charge < -0.3 is 15.0 Å². The van der Waals surface area contributed by atoms with E-state index in [0.29, 0.717) is 26.1 Å². The highest BCUT2D eigenvalue weighted by molar-refractivity contribution is 7.89. The molecule has 0 radical (unpaired) electrons. The molecule has 1 heterocycles. The second kappa shape index (κ2) is 7.69. The van der Waals surface area contributed by atoms with Crippen LogP contribution in [-0.4, -0.2) is 70.9 Å². The topological polar surface area (TPSA) is 79.0 Å². The summed E-state index contributed by atoms with van der Waals surface area (Å²) in [5.41, 5.74) is 0.126. The molecule has 0 spiro atoms. The van der Waals surface area contributed by atoms with Gasteiger partial charge in [0.05, 0.1) is 12.7 Å². The number of methoxy groups -OCH3 is 1. The molecule has 134 valence electrons. The zero-order chi connectivity index (χ0) is 17.9. The van der Waals surface area contributed by atoms with E-state index in [-0.39, 0.29) is 27.1 Å². The van der Waals surface area contributed by atoms with Gasteiger partial charge in [-0.25, -0.2) is 8.42 Å².